The fourth-order valence-electron chi connectivity index (χ4n) is 4.37. The number of nitro groups is 1. The summed E-state index contributed by atoms with van der Waals surface area (Å²) in [6.07, 6.45) is 21.4. The molecule has 2 fully saturated rings. The number of dihydropyridines is 1. The van der Waals surface area contributed by atoms with Crippen LogP contribution in [0.3, 0.4) is 0 Å². The minimum absolute atomic E-state index is 0. The number of rotatable bonds is 3. The third-order valence-corrected chi connectivity index (χ3v) is 5.84. The molecule has 6 heteroatoms. The van der Waals surface area contributed by atoms with Gasteiger partial charge in [0.1, 0.15) is 0 Å². The molecule has 0 spiro atoms. The van der Waals surface area contributed by atoms with E-state index in [1.165, 1.54) is 12.1 Å². The first-order valence-corrected chi connectivity index (χ1v) is 10.7. The number of Topliss-reactive ketones (excluding diaryl/α,β-unsaturated/α-hetero) is 1. The van der Waals surface area contributed by atoms with Gasteiger partial charge in [0, 0.05) is 41.4 Å². The molecule has 3 aliphatic carbocycles. The number of non-ortho nitro benzene ring substituents is 1. The Kier molecular flexibility index (Phi) is 8.58. The quantitative estimate of drug-likeness (QED) is 0.364. The van der Waals surface area contributed by atoms with Gasteiger partial charge >= 0.3 is 17.1 Å². The summed E-state index contributed by atoms with van der Waals surface area (Å²) in [5.41, 5.74) is 3.57. The molecule has 2 saturated carbocycles. The van der Waals surface area contributed by atoms with Gasteiger partial charge in [-0.3, -0.25) is 14.9 Å². The summed E-state index contributed by atoms with van der Waals surface area (Å²) in [6, 6.07) is 6.52. The molecule has 1 atom stereocenters. The molecule has 1 aromatic carbocycles. The molecule has 1 aromatic rings. The van der Waals surface area contributed by atoms with Crippen molar-refractivity contribution in [1.29, 1.82) is 0 Å². The molecule has 5 nitrogen and oxygen atoms in total. The van der Waals surface area contributed by atoms with Crippen molar-refractivity contribution in [3.8, 4) is 0 Å². The number of nitro benzene ring substituents is 1. The largest absolute Gasteiger partial charge is 2.00 e. The zero-order valence-electron chi connectivity index (χ0n) is 18.6. The van der Waals surface area contributed by atoms with Crippen LogP contribution in [0.5, 0.6) is 0 Å². The number of hydrogen-bond donors (Lipinski definition) is 1. The molecule has 1 aliphatic heterocycles. The Balaban J connectivity index is 0.000000453. The molecule has 1 unspecified atom stereocenters. The van der Waals surface area contributed by atoms with E-state index in [0.29, 0.717) is 6.42 Å². The van der Waals surface area contributed by atoms with Gasteiger partial charge in [0.05, 0.1) is 4.92 Å². The van der Waals surface area contributed by atoms with E-state index in [0.717, 1.165) is 34.9 Å². The van der Waals surface area contributed by atoms with E-state index < -0.39 is 4.92 Å². The molecule has 0 amide bonds. The normalized spacial score (nSPS) is 24.1. The molecule has 1 N–H and O–H groups in total. The van der Waals surface area contributed by atoms with Crippen LogP contribution in [-0.2, 0) is 21.9 Å². The first-order valence-electron chi connectivity index (χ1n) is 10.7. The van der Waals surface area contributed by atoms with Gasteiger partial charge in [-0.15, -0.1) is 0 Å². The summed E-state index contributed by atoms with van der Waals surface area (Å²) in [6.45, 7) is 4.22. The Labute approximate surface area is 208 Å². The van der Waals surface area contributed by atoms with E-state index in [-0.39, 0.29) is 39.9 Å². The first-order chi connectivity index (χ1) is 15.3. The van der Waals surface area contributed by atoms with Crippen LogP contribution < -0.4 is 5.32 Å². The molecule has 0 aromatic heterocycles. The molecule has 1 heterocycles. The predicted molar refractivity (Wildman–Crippen MR) is 125 cm³/mol. The second-order valence-corrected chi connectivity index (χ2v) is 9.00. The van der Waals surface area contributed by atoms with Crippen LogP contribution in [0.2, 0.25) is 0 Å². The Morgan fingerprint density at radius 3 is 2.06 bits per heavy atom. The number of nitrogens with zero attached hydrogens (tertiary/aromatic N) is 1. The zero-order chi connectivity index (χ0) is 22.7. The van der Waals surface area contributed by atoms with Crippen molar-refractivity contribution in [1.82, 2.24) is 5.32 Å². The number of carbonyl (C=O) groups is 1. The van der Waals surface area contributed by atoms with Gasteiger partial charge in [0.15, 0.2) is 5.78 Å². The third kappa shape index (κ3) is 6.16. The number of carbonyl (C=O) groups excluding carboxylic acids is 1. The maximum absolute atomic E-state index is 12.9. The van der Waals surface area contributed by atoms with Crippen molar-refractivity contribution in [3.05, 3.63) is 121 Å². The maximum Gasteiger partial charge on any atom is 2.00 e. The van der Waals surface area contributed by atoms with Gasteiger partial charge in [0.25, 0.3) is 5.69 Å². The van der Waals surface area contributed by atoms with E-state index in [4.69, 9.17) is 0 Å². The number of allylic oxidation sites excluding steroid dienone is 3. The molecular formula is C27H26FeN2O3+2. The van der Waals surface area contributed by atoms with Crippen LogP contribution >= 0.6 is 0 Å². The smallest absolute Gasteiger partial charge is 0.358 e. The molecule has 4 aliphatic rings. The summed E-state index contributed by atoms with van der Waals surface area (Å²) in [5.74, 6) is 1.19. The third-order valence-electron chi connectivity index (χ3n) is 5.84. The monoisotopic (exact) mass is 482 g/mol. The van der Waals surface area contributed by atoms with Gasteiger partial charge in [0.2, 0.25) is 0 Å². The summed E-state index contributed by atoms with van der Waals surface area (Å²) in [4.78, 5) is 23.4. The van der Waals surface area contributed by atoms with Crippen molar-refractivity contribution < 1.29 is 26.8 Å². The van der Waals surface area contributed by atoms with E-state index in [9.17, 15) is 14.9 Å². The van der Waals surface area contributed by atoms with Gasteiger partial charge in [-0.05, 0) is 93.2 Å². The Hall–Kier alpha value is -1.91. The Morgan fingerprint density at radius 1 is 0.939 bits per heavy atom. The molecule has 0 bridgehead atoms. The standard InChI is InChI=1S/C22H21N2O3.C5H5.Fe/c1-22(2)12-19-21(20(25)13-22)17(14-5-3-4-6-14)11-18(23-19)15-7-9-16(10-8-15)24(26)27;1-2-4-5-3-1;/h3-11,17,23H,12-13H2,1-2H3;1-5H;/q;;+2. The van der Waals surface area contributed by atoms with Crippen LogP contribution in [0, 0.1) is 85.2 Å². The van der Waals surface area contributed by atoms with E-state index in [2.05, 4.69) is 25.2 Å². The number of nitrogens with one attached hydrogen (secondary N) is 1. The van der Waals surface area contributed by atoms with E-state index in [1.54, 1.807) is 12.1 Å². The SMILES string of the molecule is CC1(C)CC(=O)C2=C(C1)NC(c1ccc([N+](=O)[O-])cc1)=CC2[C]1[CH][CH][CH][CH]1.[CH]1[CH][CH][CH][CH]1.[Fe+2]. The Bertz CT molecular complexity index is 916. The van der Waals surface area contributed by atoms with Crippen molar-refractivity contribution >= 4 is 17.2 Å². The second kappa shape index (κ2) is 11.0. The molecule has 33 heavy (non-hydrogen) atoms. The van der Waals surface area contributed by atoms with Crippen LogP contribution in [0.4, 0.5) is 5.69 Å². The minimum atomic E-state index is -0.401. The minimum Gasteiger partial charge on any atom is -0.358 e. The molecule has 168 valence electrons. The van der Waals surface area contributed by atoms with Gasteiger partial charge < -0.3 is 5.32 Å². The van der Waals surface area contributed by atoms with Crippen LogP contribution in [0.25, 0.3) is 5.70 Å². The van der Waals surface area contributed by atoms with Crippen molar-refractivity contribution in [2.24, 2.45) is 11.3 Å². The summed E-state index contributed by atoms with van der Waals surface area (Å²) >= 11 is 0. The first kappa shape index (κ1) is 25.7. The molecule has 0 saturated heterocycles. The van der Waals surface area contributed by atoms with Gasteiger partial charge in [-0.25, -0.2) is 0 Å². The fraction of sp³-hybridized carbons (Fsp3) is 0.222. The fourth-order valence-corrected chi connectivity index (χ4v) is 4.37. The average molecular weight is 482 g/mol. The summed E-state index contributed by atoms with van der Waals surface area (Å²) in [7, 11) is 0. The van der Waals surface area contributed by atoms with Crippen LogP contribution in [0.1, 0.15) is 32.3 Å². The van der Waals surface area contributed by atoms with Gasteiger partial charge in [-0.2, -0.15) is 0 Å². The number of hydrogen-bond acceptors (Lipinski definition) is 4. The number of ketones is 1. The Morgan fingerprint density at radius 2 is 1.52 bits per heavy atom. The van der Waals surface area contributed by atoms with Crippen molar-refractivity contribution in [2.75, 3.05) is 0 Å². The van der Waals surface area contributed by atoms with Crippen LogP contribution in [-0.4, -0.2) is 10.7 Å². The molecule has 10 radical (unpaired) electrons. The summed E-state index contributed by atoms with van der Waals surface area (Å²) in [5, 5.41) is 14.4. The van der Waals surface area contributed by atoms with E-state index in [1.807, 2.05) is 57.8 Å². The molecule has 5 rings (SSSR count). The number of benzene rings is 1. The summed E-state index contributed by atoms with van der Waals surface area (Å²) < 4.78 is 0. The maximum atomic E-state index is 12.9. The average Bonchev–Trinajstić information content (AvgIpc) is 3.48. The predicted octanol–water partition coefficient (Wildman–Crippen LogP) is 5.22. The molecular weight excluding hydrogens is 456 g/mol. The van der Waals surface area contributed by atoms with E-state index >= 15 is 0 Å². The van der Waals surface area contributed by atoms with Crippen molar-refractivity contribution in [3.63, 3.8) is 0 Å². The topological polar surface area (TPSA) is 72.2 Å². The van der Waals surface area contributed by atoms with Gasteiger partial charge in [-0.1, -0.05) is 19.9 Å². The second-order valence-electron chi connectivity index (χ2n) is 9.00. The van der Waals surface area contributed by atoms with Crippen molar-refractivity contribution in [2.45, 2.75) is 26.7 Å². The zero-order valence-corrected chi connectivity index (χ0v) is 19.7. The van der Waals surface area contributed by atoms with Crippen LogP contribution in [0.15, 0.2) is 41.6 Å².